The van der Waals surface area contributed by atoms with Crippen LogP contribution in [0.2, 0.25) is 0 Å². The van der Waals surface area contributed by atoms with Crippen molar-refractivity contribution in [2.45, 2.75) is 31.2 Å². The van der Waals surface area contributed by atoms with Gasteiger partial charge in [-0.2, -0.15) is 0 Å². The Morgan fingerprint density at radius 1 is 1.17 bits per heavy atom. The number of carbonyl (C=O) groups is 3. The van der Waals surface area contributed by atoms with E-state index in [2.05, 4.69) is 38.7 Å². The van der Waals surface area contributed by atoms with Gasteiger partial charge in [0.25, 0.3) is 5.91 Å². The van der Waals surface area contributed by atoms with E-state index < -0.39 is 18.0 Å². The first kappa shape index (κ1) is 16.0. The summed E-state index contributed by atoms with van der Waals surface area (Å²) in [7, 11) is 0. The monoisotopic (exact) mass is 379 g/mol. The molecule has 1 unspecified atom stereocenters. The third-order valence-corrected chi connectivity index (χ3v) is 4.96. The number of hydrogen-bond acceptors (Lipinski definition) is 3. The fourth-order valence-electron chi connectivity index (χ4n) is 3.10. The van der Waals surface area contributed by atoms with Gasteiger partial charge in [-0.15, -0.1) is 0 Å². The number of benzene rings is 1. The van der Waals surface area contributed by atoms with Crippen molar-refractivity contribution in [1.29, 1.82) is 0 Å². The van der Waals surface area contributed by atoms with Gasteiger partial charge < -0.3 is 10.2 Å². The van der Waals surface area contributed by atoms with Crippen LogP contribution in [0.4, 0.5) is 4.79 Å². The number of halogens is 1. The highest BCUT2D eigenvalue weighted by molar-refractivity contribution is 9.10. The number of nitrogens with zero attached hydrogens (tertiary/aromatic N) is 1. The maximum absolute atomic E-state index is 12.3. The van der Waals surface area contributed by atoms with Crippen molar-refractivity contribution in [3.63, 3.8) is 0 Å². The minimum atomic E-state index is -0.737. The molecule has 2 aliphatic rings. The van der Waals surface area contributed by atoms with E-state index >= 15 is 0 Å². The second kappa shape index (κ2) is 6.70. The summed E-state index contributed by atoms with van der Waals surface area (Å²) in [5.41, 5.74) is 1.29. The highest BCUT2D eigenvalue weighted by atomic mass is 79.9. The molecule has 23 heavy (non-hydrogen) atoms. The highest BCUT2D eigenvalue weighted by Gasteiger charge is 2.33. The zero-order valence-corrected chi connectivity index (χ0v) is 14.1. The summed E-state index contributed by atoms with van der Waals surface area (Å²) in [4.78, 5) is 36.6. The van der Waals surface area contributed by atoms with Crippen LogP contribution in [-0.2, 0) is 9.59 Å². The Balaban J connectivity index is 1.52. The van der Waals surface area contributed by atoms with Crippen molar-refractivity contribution in [3.05, 3.63) is 34.3 Å². The fourth-order valence-corrected chi connectivity index (χ4v) is 3.37. The van der Waals surface area contributed by atoms with Crippen LogP contribution in [0, 0.1) is 0 Å². The Kier molecular flexibility index (Phi) is 4.66. The van der Waals surface area contributed by atoms with Gasteiger partial charge in [-0.3, -0.25) is 14.9 Å². The van der Waals surface area contributed by atoms with E-state index in [0.29, 0.717) is 19.0 Å². The average Bonchev–Trinajstić information content (AvgIpc) is 2.86. The van der Waals surface area contributed by atoms with Crippen LogP contribution in [0.3, 0.4) is 0 Å². The summed E-state index contributed by atoms with van der Waals surface area (Å²) in [6.45, 7) is 1.36. The second-order valence-electron chi connectivity index (χ2n) is 5.93. The van der Waals surface area contributed by atoms with E-state index in [1.54, 1.807) is 4.90 Å². The van der Waals surface area contributed by atoms with Crippen LogP contribution >= 0.6 is 15.9 Å². The summed E-state index contributed by atoms with van der Waals surface area (Å²) >= 11 is 3.43. The number of hydrogen-bond donors (Lipinski definition) is 2. The van der Waals surface area contributed by atoms with Gasteiger partial charge in [0.2, 0.25) is 5.91 Å². The van der Waals surface area contributed by atoms with Gasteiger partial charge in [-0.05, 0) is 36.5 Å². The lowest BCUT2D eigenvalue weighted by Gasteiger charge is -2.32. The van der Waals surface area contributed by atoms with E-state index in [9.17, 15) is 14.4 Å². The fraction of sp³-hybridized carbons (Fsp3) is 0.438. The largest absolute Gasteiger partial charge is 0.343 e. The standard InChI is InChI=1S/C16H18BrN3O3/c17-12-3-1-10(2-4-12)11-5-7-20(8-6-11)14(21)9-13-15(22)19-16(23)18-13/h1-4,11,13H,5-9H2,(H2,18,19,22,23). The molecule has 3 rings (SSSR count). The zero-order chi connectivity index (χ0) is 16.4. The van der Waals surface area contributed by atoms with Crippen LogP contribution in [0.5, 0.6) is 0 Å². The molecule has 0 spiro atoms. The summed E-state index contributed by atoms with van der Waals surface area (Å²) in [6, 6.07) is 7.04. The van der Waals surface area contributed by atoms with E-state index in [1.807, 2.05) is 12.1 Å². The van der Waals surface area contributed by atoms with Crippen molar-refractivity contribution in [1.82, 2.24) is 15.5 Å². The lowest BCUT2D eigenvalue weighted by atomic mass is 9.89. The number of likely N-dealkylation sites (tertiary alicyclic amines) is 1. The molecule has 1 aromatic carbocycles. The van der Waals surface area contributed by atoms with E-state index in [4.69, 9.17) is 0 Å². The Morgan fingerprint density at radius 3 is 2.39 bits per heavy atom. The van der Waals surface area contributed by atoms with Crippen LogP contribution in [0.1, 0.15) is 30.7 Å². The molecule has 6 nitrogen and oxygen atoms in total. The van der Waals surface area contributed by atoms with Gasteiger partial charge in [0, 0.05) is 17.6 Å². The smallest absolute Gasteiger partial charge is 0.322 e. The predicted octanol–water partition coefficient (Wildman–Crippen LogP) is 1.75. The molecule has 2 heterocycles. The lowest BCUT2D eigenvalue weighted by Crippen LogP contribution is -2.42. The molecule has 122 valence electrons. The molecule has 1 atom stereocenters. The molecule has 0 radical (unpaired) electrons. The van der Waals surface area contributed by atoms with E-state index in [1.165, 1.54) is 5.56 Å². The molecule has 0 bridgehead atoms. The van der Waals surface area contributed by atoms with Crippen LogP contribution < -0.4 is 10.6 Å². The molecular weight excluding hydrogens is 362 g/mol. The molecule has 2 fully saturated rings. The summed E-state index contributed by atoms with van der Waals surface area (Å²) in [6.07, 6.45) is 1.85. The SMILES string of the molecule is O=C1NC(=O)C(CC(=O)N2CCC(c3ccc(Br)cc3)CC2)N1. The third-order valence-electron chi connectivity index (χ3n) is 4.43. The van der Waals surface area contributed by atoms with Crippen LogP contribution in [-0.4, -0.2) is 41.9 Å². The summed E-state index contributed by atoms with van der Waals surface area (Å²) in [5.74, 6) is -0.0451. The number of piperidine rings is 1. The Morgan fingerprint density at radius 2 is 1.83 bits per heavy atom. The summed E-state index contributed by atoms with van der Waals surface area (Å²) < 4.78 is 1.06. The number of amides is 4. The number of urea groups is 1. The first-order valence-corrected chi connectivity index (χ1v) is 8.47. The van der Waals surface area contributed by atoms with Crippen molar-refractivity contribution >= 4 is 33.8 Å². The number of imide groups is 1. The van der Waals surface area contributed by atoms with Gasteiger partial charge in [0.1, 0.15) is 6.04 Å². The molecule has 2 aliphatic heterocycles. The van der Waals surface area contributed by atoms with Gasteiger partial charge in [0.15, 0.2) is 0 Å². The molecule has 1 aromatic rings. The highest BCUT2D eigenvalue weighted by Crippen LogP contribution is 2.29. The molecule has 4 amide bonds. The third kappa shape index (κ3) is 3.72. The molecule has 2 saturated heterocycles. The van der Waals surface area contributed by atoms with Crippen molar-refractivity contribution in [3.8, 4) is 0 Å². The molecular formula is C16H18BrN3O3. The minimum Gasteiger partial charge on any atom is -0.343 e. The summed E-state index contributed by atoms with van der Waals surface area (Å²) in [5, 5.41) is 4.61. The zero-order valence-electron chi connectivity index (χ0n) is 12.5. The first-order valence-electron chi connectivity index (χ1n) is 7.67. The lowest BCUT2D eigenvalue weighted by molar-refractivity contribution is -0.134. The minimum absolute atomic E-state index is 0.0283. The number of carbonyl (C=O) groups excluding carboxylic acids is 3. The van der Waals surface area contributed by atoms with Crippen molar-refractivity contribution in [2.24, 2.45) is 0 Å². The maximum Gasteiger partial charge on any atom is 0.322 e. The maximum atomic E-state index is 12.3. The predicted molar refractivity (Wildman–Crippen MR) is 87.8 cm³/mol. The number of nitrogens with one attached hydrogen (secondary N) is 2. The van der Waals surface area contributed by atoms with Gasteiger partial charge >= 0.3 is 6.03 Å². The van der Waals surface area contributed by atoms with E-state index in [0.717, 1.165) is 17.3 Å². The molecule has 2 N–H and O–H groups in total. The Hall–Kier alpha value is -1.89. The first-order chi connectivity index (χ1) is 11.0. The second-order valence-corrected chi connectivity index (χ2v) is 6.84. The van der Waals surface area contributed by atoms with E-state index in [-0.39, 0.29) is 12.3 Å². The normalized spacial score (nSPS) is 22.0. The Bertz CT molecular complexity index is 624. The molecule has 0 aliphatic carbocycles. The molecule has 0 aromatic heterocycles. The topological polar surface area (TPSA) is 78.5 Å². The van der Waals surface area contributed by atoms with Crippen molar-refractivity contribution < 1.29 is 14.4 Å². The molecule has 7 heteroatoms. The van der Waals surface area contributed by atoms with Gasteiger partial charge in [0.05, 0.1) is 6.42 Å². The number of rotatable bonds is 3. The quantitative estimate of drug-likeness (QED) is 0.785. The molecule has 0 saturated carbocycles. The van der Waals surface area contributed by atoms with Crippen molar-refractivity contribution in [2.75, 3.05) is 13.1 Å². The van der Waals surface area contributed by atoms with Gasteiger partial charge in [-0.25, -0.2) is 4.79 Å². The average molecular weight is 380 g/mol. The van der Waals surface area contributed by atoms with Gasteiger partial charge in [-0.1, -0.05) is 28.1 Å². The van der Waals surface area contributed by atoms with Crippen LogP contribution in [0.15, 0.2) is 28.7 Å². The Labute approximate surface area is 142 Å². The van der Waals surface area contributed by atoms with Crippen LogP contribution in [0.25, 0.3) is 0 Å².